The SMILES string of the molecule is CC[N+](C)(C)CCOP(=O)(c1ccccc1)c1ccccc1. The minimum atomic E-state index is -3.03. The molecule has 0 amide bonds. The third kappa shape index (κ3) is 4.07. The van der Waals surface area contributed by atoms with E-state index >= 15 is 0 Å². The topological polar surface area (TPSA) is 26.3 Å². The molecule has 22 heavy (non-hydrogen) atoms. The van der Waals surface area contributed by atoms with Crippen LogP contribution in [0.25, 0.3) is 0 Å². The predicted octanol–water partition coefficient (Wildman–Crippen LogP) is 3.03. The van der Waals surface area contributed by atoms with Crippen LogP contribution in [0.2, 0.25) is 0 Å². The highest BCUT2D eigenvalue weighted by atomic mass is 31.2. The molecule has 0 fully saturated rings. The maximum absolute atomic E-state index is 13.6. The second-order valence-corrected chi connectivity index (χ2v) is 8.43. The number of rotatable bonds is 7. The second kappa shape index (κ2) is 7.23. The molecule has 0 saturated carbocycles. The van der Waals surface area contributed by atoms with Crippen molar-refractivity contribution in [2.24, 2.45) is 0 Å². The molecule has 2 aromatic carbocycles. The quantitative estimate of drug-likeness (QED) is 0.579. The van der Waals surface area contributed by atoms with E-state index in [1.165, 1.54) is 0 Å². The van der Waals surface area contributed by atoms with Crippen molar-refractivity contribution in [2.75, 3.05) is 33.8 Å². The number of nitrogens with zero attached hydrogens (tertiary/aromatic N) is 1. The number of hydrogen-bond donors (Lipinski definition) is 0. The lowest BCUT2D eigenvalue weighted by Gasteiger charge is -2.29. The molecular weight excluding hydrogens is 293 g/mol. The van der Waals surface area contributed by atoms with Gasteiger partial charge in [0.05, 0.1) is 20.6 Å². The van der Waals surface area contributed by atoms with Gasteiger partial charge in [-0.2, -0.15) is 0 Å². The van der Waals surface area contributed by atoms with Crippen molar-refractivity contribution in [3.63, 3.8) is 0 Å². The molecule has 0 spiro atoms. The van der Waals surface area contributed by atoms with E-state index in [-0.39, 0.29) is 0 Å². The van der Waals surface area contributed by atoms with Crippen molar-refractivity contribution >= 4 is 18.0 Å². The van der Waals surface area contributed by atoms with E-state index < -0.39 is 7.37 Å². The van der Waals surface area contributed by atoms with Gasteiger partial charge in [0.15, 0.2) is 0 Å². The van der Waals surface area contributed by atoms with Gasteiger partial charge < -0.3 is 9.01 Å². The van der Waals surface area contributed by atoms with E-state index in [4.69, 9.17) is 4.52 Å². The summed E-state index contributed by atoms with van der Waals surface area (Å²) in [6.07, 6.45) is 0. The van der Waals surface area contributed by atoms with Crippen LogP contribution in [0.3, 0.4) is 0 Å². The minimum absolute atomic E-state index is 0.474. The molecule has 2 aromatic rings. The first-order valence-corrected chi connectivity index (χ1v) is 9.28. The van der Waals surface area contributed by atoms with E-state index in [0.29, 0.717) is 6.61 Å². The standard InChI is InChI=1S/C18H25NO2P/c1-4-19(2,3)15-16-21-22(20,17-11-7-5-8-12-17)18-13-9-6-10-14-18/h5-14H,4,15-16H2,1-3H3/q+1. The van der Waals surface area contributed by atoms with Gasteiger partial charge in [-0.15, -0.1) is 0 Å². The van der Waals surface area contributed by atoms with Crippen LogP contribution in [0.15, 0.2) is 60.7 Å². The number of likely N-dealkylation sites (N-methyl/N-ethyl adjacent to an activating group) is 1. The zero-order chi connectivity index (χ0) is 16.1. The maximum atomic E-state index is 13.6. The van der Waals surface area contributed by atoms with Gasteiger partial charge in [0, 0.05) is 10.6 Å². The Labute approximate surface area is 133 Å². The highest BCUT2D eigenvalue weighted by molar-refractivity contribution is 7.74. The van der Waals surface area contributed by atoms with Crippen molar-refractivity contribution in [3.8, 4) is 0 Å². The summed E-state index contributed by atoms with van der Waals surface area (Å²) in [5.41, 5.74) is 0. The van der Waals surface area contributed by atoms with Gasteiger partial charge in [-0.3, -0.25) is 4.57 Å². The van der Waals surface area contributed by atoms with Gasteiger partial charge in [-0.05, 0) is 31.2 Å². The van der Waals surface area contributed by atoms with Crippen molar-refractivity contribution in [3.05, 3.63) is 60.7 Å². The number of hydrogen-bond acceptors (Lipinski definition) is 2. The van der Waals surface area contributed by atoms with Crippen molar-refractivity contribution < 1.29 is 13.6 Å². The zero-order valence-electron chi connectivity index (χ0n) is 13.6. The highest BCUT2D eigenvalue weighted by Crippen LogP contribution is 2.44. The van der Waals surface area contributed by atoms with Crippen LogP contribution >= 0.6 is 7.37 Å². The molecule has 0 aliphatic heterocycles. The predicted molar refractivity (Wildman–Crippen MR) is 93.2 cm³/mol. The normalized spacial score (nSPS) is 12.3. The van der Waals surface area contributed by atoms with E-state index in [2.05, 4.69) is 21.0 Å². The lowest BCUT2D eigenvalue weighted by molar-refractivity contribution is -0.888. The van der Waals surface area contributed by atoms with Crippen molar-refractivity contribution in [1.29, 1.82) is 0 Å². The maximum Gasteiger partial charge on any atom is 0.261 e. The third-order valence-electron chi connectivity index (χ3n) is 4.02. The third-order valence-corrected chi connectivity index (χ3v) is 6.52. The summed E-state index contributed by atoms with van der Waals surface area (Å²) < 4.78 is 20.4. The zero-order valence-corrected chi connectivity index (χ0v) is 14.5. The van der Waals surface area contributed by atoms with Crippen molar-refractivity contribution in [1.82, 2.24) is 0 Å². The Kier molecular flexibility index (Phi) is 5.57. The van der Waals surface area contributed by atoms with Crippen molar-refractivity contribution in [2.45, 2.75) is 6.92 Å². The second-order valence-electron chi connectivity index (χ2n) is 6.03. The molecule has 0 heterocycles. The van der Waals surface area contributed by atoms with E-state index in [9.17, 15) is 4.57 Å². The molecule has 0 aliphatic rings. The summed E-state index contributed by atoms with van der Waals surface area (Å²) >= 11 is 0. The van der Waals surface area contributed by atoms with Crippen LogP contribution in [0, 0.1) is 0 Å². The Bertz CT molecular complexity index is 583. The van der Waals surface area contributed by atoms with Gasteiger partial charge in [-0.25, -0.2) is 0 Å². The molecule has 0 saturated heterocycles. The Morgan fingerprint density at radius 2 is 1.36 bits per heavy atom. The Hall–Kier alpha value is -1.41. The fraction of sp³-hybridized carbons (Fsp3) is 0.333. The van der Waals surface area contributed by atoms with Gasteiger partial charge in [-0.1, -0.05) is 36.4 Å². The van der Waals surface area contributed by atoms with Gasteiger partial charge in [0.1, 0.15) is 13.2 Å². The van der Waals surface area contributed by atoms with Gasteiger partial charge in [0.25, 0.3) is 7.37 Å². The molecule has 3 nitrogen and oxygen atoms in total. The fourth-order valence-electron chi connectivity index (χ4n) is 2.12. The summed E-state index contributed by atoms with van der Waals surface area (Å²) in [4.78, 5) is 0. The van der Waals surface area contributed by atoms with Crippen LogP contribution in [0.4, 0.5) is 0 Å². The largest absolute Gasteiger partial charge is 0.327 e. The van der Waals surface area contributed by atoms with Crippen LogP contribution in [0.1, 0.15) is 6.92 Å². The lowest BCUT2D eigenvalue weighted by atomic mass is 10.4. The summed E-state index contributed by atoms with van der Waals surface area (Å²) in [6, 6.07) is 19.0. The number of benzene rings is 2. The molecule has 2 rings (SSSR count). The summed E-state index contributed by atoms with van der Waals surface area (Å²) in [6.45, 7) is 4.47. The first-order chi connectivity index (χ1) is 10.5. The first kappa shape index (κ1) is 17.0. The fourth-order valence-corrected chi connectivity index (χ4v) is 4.19. The Morgan fingerprint density at radius 3 is 1.77 bits per heavy atom. The van der Waals surface area contributed by atoms with E-state index in [0.717, 1.165) is 28.2 Å². The average Bonchev–Trinajstić information content (AvgIpc) is 2.56. The summed E-state index contributed by atoms with van der Waals surface area (Å²) in [5.74, 6) is 0. The van der Waals surface area contributed by atoms with Gasteiger partial charge >= 0.3 is 0 Å². The first-order valence-electron chi connectivity index (χ1n) is 7.66. The molecular formula is C18H25NO2P+. The van der Waals surface area contributed by atoms with Crippen LogP contribution in [0.5, 0.6) is 0 Å². The van der Waals surface area contributed by atoms with Crippen LogP contribution in [-0.2, 0) is 9.09 Å². The summed E-state index contributed by atoms with van der Waals surface area (Å²) in [7, 11) is 1.27. The monoisotopic (exact) mass is 318 g/mol. The highest BCUT2D eigenvalue weighted by Gasteiger charge is 2.29. The molecule has 0 aromatic heterocycles. The molecule has 4 heteroatoms. The molecule has 0 unspecified atom stereocenters. The smallest absolute Gasteiger partial charge is 0.261 e. The molecule has 0 aliphatic carbocycles. The average molecular weight is 318 g/mol. The van der Waals surface area contributed by atoms with Crippen LogP contribution in [-0.4, -0.2) is 38.3 Å². The Morgan fingerprint density at radius 1 is 0.909 bits per heavy atom. The van der Waals surface area contributed by atoms with E-state index in [1.54, 1.807) is 0 Å². The summed E-state index contributed by atoms with van der Waals surface area (Å²) in [5, 5.41) is 1.51. The molecule has 0 radical (unpaired) electrons. The molecule has 118 valence electrons. The molecule has 0 atom stereocenters. The lowest BCUT2D eigenvalue weighted by Crippen LogP contribution is -2.42. The minimum Gasteiger partial charge on any atom is -0.327 e. The molecule has 0 N–H and O–H groups in total. The van der Waals surface area contributed by atoms with E-state index in [1.807, 2.05) is 60.7 Å². The Balaban J connectivity index is 2.26. The molecule has 0 bridgehead atoms. The van der Waals surface area contributed by atoms with Crippen LogP contribution < -0.4 is 10.6 Å². The van der Waals surface area contributed by atoms with Gasteiger partial charge in [0.2, 0.25) is 0 Å². The number of quaternary nitrogens is 1.